The fourth-order valence-electron chi connectivity index (χ4n) is 3.64. The molecule has 0 radical (unpaired) electrons. The van der Waals surface area contributed by atoms with Crippen molar-refractivity contribution >= 4 is 21.4 Å². The molecule has 2 heterocycles. The molecule has 1 aliphatic carbocycles. The van der Waals surface area contributed by atoms with Crippen molar-refractivity contribution in [3.05, 3.63) is 35.7 Å². The zero-order valence-electron chi connectivity index (χ0n) is 13.0. The fraction of sp³-hybridized carbons (Fsp3) is 0.579. The van der Waals surface area contributed by atoms with Gasteiger partial charge in [0.25, 0.3) is 0 Å². The summed E-state index contributed by atoms with van der Waals surface area (Å²) in [6, 6.07) is 11.5. The van der Waals surface area contributed by atoms with Gasteiger partial charge in [-0.1, -0.05) is 43.9 Å². The quantitative estimate of drug-likeness (QED) is 0.652. The lowest BCUT2D eigenvalue weighted by molar-refractivity contribution is 0.131. The van der Waals surface area contributed by atoms with Crippen LogP contribution in [0.4, 0.5) is 0 Å². The molecule has 1 saturated carbocycles. The number of likely N-dealkylation sites (tertiary alicyclic amines) is 1. The average Bonchev–Trinajstić information content (AvgIpc) is 3.06. The Morgan fingerprint density at radius 1 is 0.810 bits per heavy atom. The van der Waals surface area contributed by atoms with E-state index in [1.807, 2.05) is 0 Å². The summed E-state index contributed by atoms with van der Waals surface area (Å²) in [6.45, 7) is 2.79. The molecule has 0 unspecified atom stereocenters. The maximum Gasteiger partial charge on any atom is 0.0342 e. The SMILES string of the molecule is C1CCC(N2CCCCC2)CC1.c1ccc2sccc2c1. The molecule has 21 heavy (non-hydrogen) atoms. The first-order valence-corrected chi connectivity index (χ1v) is 9.48. The minimum atomic E-state index is 0.971. The highest BCUT2D eigenvalue weighted by molar-refractivity contribution is 7.17. The molecule has 2 heteroatoms. The lowest BCUT2D eigenvalue weighted by Gasteiger charge is -2.36. The van der Waals surface area contributed by atoms with Crippen molar-refractivity contribution in [1.29, 1.82) is 0 Å². The summed E-state index contributed by atoms with van der Waals surface area (Å²) in [4.78, 5) is 2.75. The van der Waals surface area contributed by atoms with Gasteiger partial charge in [0.1, 0.15) is 0 Å². The van der Waals surface area contributed by atoms with E-state index in [1.165, 1.54) is 74.5 Å². The number of nitrogens with zero attached hydrogens (tertiary/aromatic N) is 1. The summed E-state index contributed by atoms with van der Waals surface area (Å²) >= 11 is 1.79. The molecular weight excluding hydrogens is 274 g/mol. The first-order chi connectivity index (χ1) is 10.4. The molecule has 1 aromatic carbocycles. The second-order valence-corrected chi connectivity index (χ2v) is 7.29. The van der Waals surface area contributed by atoms with Gasteiger partial charge in [-0.15, -0.1) is 11.3 Å². The van der Waals surface area contributed by atoms with Gasteiger partial charge >= 0.3 is 0 Å². The van der Waals surface area contributed by atoms with Crippen LogP contribution in [0.2, 0.25) is 0 Å². The number of hydrogen-bond donors (Lipinski definition) is 0. The summed E-state index contributed by atoms with van der Waals surface area (Å²) in [7, 11) is 0. The number of piperidine rings is 1. The van der Waals surface area contributed by atoms with E-state index in [0.29, 0.717) is 0 Å². The highest BCUT2D eigenvalue weighted by Gasteiger charge is 2.21. The minimum absolute atomic E-state index is 0.971. The minimum Gasteiger partial charge on any atom is -0.300 e. The van der Waals surface area contributed by atoms with Crippen LogP contribution in [-0.2, 0) is 0 Å². The van der Waals surface area contributed by atoms with Crippen LogP contribution in [0.5, 0.6) is 0 Å². The van der Waals surface area contributed by atoms with E-state index in [-0.39, 0.29) is 0 Å². The van der Waals surface area contributed by atoms with Crippen molar-refractivity contribution in [2.45, 2.75) is 57.4 Å². The molecule has 0 bridgehead atoms. The van der Waals surface area contributed by atoms with Gasteiger partial charge in [-0.2, -0.15) is 0 Å². The van der Waals surface area contributed by atoms with Crippen LogP contribution in [0, 0.1) is 0 Å². The molecule has 2 fully saturated rings. The normalized spacial score (nSPS) is 21.0. The van der Waals surface area contributed by atoms with Crippen LogP contribution >= 0.6 is 11.3 Å². The fourth-order valence-corrected chi connectivity index (χ4v) is 4.43. The topological polar surface area (TPSA) is 3.24 Å². The Kier molecular flexibility index (Phi) is 5.70. The van der Waals surface area contributed by atoms with Gasteiger partial charge < -0.3 is 4.90 Å². The Balaban J connectivity index is 0.000000131. The van der Waals surface area contributed by atoms with E-state index in [9.17, 15) is 0 Å². The Morgan fingerprint density at radius 3 is 2.29 bits per heavy atom. The Hall–Kier alpha value is -0.860. The molecule has 2 aliphatic rings. The molecule has 1 aliphatic heterocycles. The predicted octanol–water partition coefficient (Wildman–Crippen LogP) is 5.71. The number of rotatable bonds is 1. The third-order valence-electron chi connectivity index (χ3n) is 4.84. The maximum atomic E-state index is 2.75. The number of fused-ring (bicyclic) bond motifs is 1. The second kappa shape index (κ2) is 7.95. The molecule has 0 N–H and O–H groups in total. The van der Waals surface area contributed by atoms with Gasteiger partial charge in [0, 0.05) is 10.7 Å². The van der Waals surface area contributed by atoms with Gasteiger partial charge in [0.15, 0.2) is 0 Å². The number of thiophene rings is 1. The lowest BCUT2D eigenvalue weighted by Crippen LogP contribution is -2.40. The first kappa shape index (κ1) is 15.1. The molecule has 1 saturated heterocycles. The second-order valence-electron chi connectivity index (χ2n) is 6.35. The number of benzene rings is 1. The van der Waals surface area contributed by atoms with Crippen LogP contribution < -0.4 is 0 Å². The van der Waals surface area contributed by atoms with Crippen LogP contribution in [-0.4, -0.2) is 24.0 Å². The molecular formula is C19H27NS. The highest BCUT2D eigenvalue weighted by Crippen LogP contribution is 2.24. The Labute approximate surface area is 133 Å². The molecule has 0 spiro atoms. The zero-order valence-corrected chi connectivity index (χ0v) is 13.8. The molecule has 114 valence electrons. The van der Waals surface area contributed by atoms with Gasteiger partial charge in [-0.25, -0.2) is 0 Å². The van der Waals surface area contributed by atoms with Gasteiger partial charge in [0.05, 0.1) is 0 Å². The van der Waals surface area contributed by atoms with Gasteiger partial charge in [-0.3, -0.25) is 0 Å². The molecule has 2 aromatic rings. The van der Waals surface area contributed by atoms with Crippen LogP contribution in [0.3, 0.4) is 0 Å². The smallest absolute Gasteiger partial charge is 0.0342 e. The summed E-state index contributed by atoms with van der Waals surface area (Å²) < 4.78 is 1.37. The van der Waals surface area contributed by atoms with Crippen LogP contribution in [0.25, 0.3) is 10.1 Å². The molecule has 0 atom stereocenters. The van der Waals surface area contributed by atoms with Crippen molar-refractivity contribution in [3.63, 3.8) is 0 Å². The van der Waals surface area contributed by atoms with Crippen molar-refractivity contribution in [2.75, 3.05) is 13.1 Å². The summed E-state index contributed by atoms with van der Waals surface area (Å²) in [5.74, 6) is 0. The molecule has 4 rings (SSSR count). The Morgan fingerprint density at radius 2 is 1.52 bits per heavy atom. The maximum absolute atomic E-state index is 2.75. The van der Waals surface area contributed by atoms with E-state index < -0.39 is 0 Å². The first-order valence-electron chi connectivity index (χ1n) is 8.60. The summed E-state index contributed by atoms with van der Waals surface area (Å²) in [5.41, 5.74) is 0. The third kappa shape index (κ3) is 4.31. The average molecular weight is 301 g/mol. The highest BCUT2D eigenvalue weighted by atomic mass is 32.1. The largest absolute Gasteiger partial charge is 0.300 e. The Bertz CT molecular complexity index is 475. The van der Waals surface area contributed by atoms with E-state index in [1.54, 1.807) is 11.3 Å². The molecule has 1 nitrogen and oxygen atoms in total. The van der Waals surface area contributed by atoms with Crippen molar-refractivity contribution < 1.29 is 0 Å². The van der Waals surface area contributed by atoms with Gasteiger partial charge in [0.2, 0.25) is 0 Å². The van der Waals surface area contributed by atoms with Gasteiger partial charge in [-0.05, 0) is 61.7 Å². The zero-order chi connectivity index (χ0) is 14.3. The summed E-state index contributed by atoms with van der Waals surface area (Å²) in [5, 5.41) is 3.47. The molecule has 1 aromatic heterocycles. The van der Waals surface area contributed by atoms with E-state index >= 15 is 0 Å². The lowest BCUT2D eigenvalue weighted by atomic mass is 9.93. The predicted molar refractivity (Wildman–Crippen MR) is 94.1 cm³/mol. The van der Waals surface area contributed by atoms with Crippen molar-refractivity contribution in [2.24, 2.45) is 0 Å². The van der Waals surface area contributed by atoms with Crippen molar-refractivity contribution in [3.8, 4) is 0 Å². The van der Waals surface area contributed by atoms with E-state index in [0.717, 1.165) is 6.04 Å². The van der Waals surface area contributed by atoms with Crippen LogP contribution in [0.15, 0.2) is 35.7 Å². The molecule has 0 amide bonds. The number of hydrogen-bond acceptors (Lipinski definition) is 2. The monoisotopic (exact) mass is 301 g/mol. The van der Waals surface area contributed by atoms with E-state index in [2.05, 4.69) is 40.6 Å². The standard InChI is InChI=1S/C11H21N.C8H6S/c1-3-7-11(8-4-1)12-9-5-2-6-10-12;1-2-4-8-7(3-1)5-6-9-8/h11H,1-10H2;1-6H. The van der Waals surface area contributed by atoms with Crippen molar-refractivity contribution in [1.82, 2.24) is 4.90 Å². The summed E-state index contributed by atoms with van der Waals surface area (Å²) in [6.07, 6.45) is 11.8. The van der Waals surface area contributed by atoms with E-state index in [4.69, 9.17) is 0 Å². The van der Waals surface area contributed by atoms with Crippen LogP contribution in [0.1, 0.15) is 51.4 Å². The third-order valence-corrected chi connectivity index (χ3v) is 5.74.